The number of rotatable bonds is 4. The highest BCUT2D eigenvalue weighted by Crippen LogP contribution is 2.38. The number of nitrogens with one attached hydrogen (secondary N) is 1. The molecule has 0 amide bonds. The van der Waals surface area contributed by atoms with Crippen LogP contribution in [0.15, 0.2) is 30.3 Å². The number of hydrogen-bond acceptors (Lipinski definition) is 2. The summed E-state index contributed by atoms with van der Waals surface area (Å²) < 4.78 is 0. The number of anilines is 1. The molecule has 2 heteroatoms. The van der Waals surface area contributed by atoms with Crippen molar-refractivity contribution >= 4 is 5.69 Å². The van der Waals surface area contributed by atoms with E-state index >= 15 is 0 Å². The SMILES string of the molecule is CCC1CCC(CN)(Nc2ccccc2)C1. The van der Waals surface area contributed by atoms with E-state index in [-0.39, 0.29) is 5.54 Å². The summed E-state index contributed by atoms with van der Waals surface area (Å²) in [6, 6.07) is 10.4. The number of hydrogen-bond donors (Lipinski definition) is 2. The lowest BCUT2D eigenvalue weighted by molar-refractivity contribution is 0.450. The Bertz CT molecular complexity index is 323. The summed E-state index contributed by atoms with van der Waals surface area (Å²) in [6.45, 7) is 3.01. The highest BCUT2D eigenvalue weighted by Gasteiger charge is 2.37. The summed E-state index contributed by atoms with van der Waals surface area (Å²) in [7, 11) is 0. The van der Waals surface area contributed by atoms with Crippen LogP contribution in [0.2, 0.25) is 0 Å². The molecule has 1 fully saturated rings. The first-order valence-electron chi connectivity index (χ1n) is 6.31. The molecule has 1 saturated carbocycles. The summed E-state index contributed by atoms with van der Waals surface area (Å²) in [4.78, 5) is 0. The minimum atomic E-state index is 0.141. The first-order chi connectivity index (χ1) is 7.78. The van der Waals surface area contributed by atoms with Crippen LogP contribution in [0, 0.1) is 5.92 Å². The molecule has 0 radical (unpaired) electrons. The predicted octanol–water partition coefficient (Wildman–Crippen LogP) is 3.01. The van der Waals surface area contributed by atoms with Crippen molar-refractivity contribution in [3.8, 4) is 0 Å². The van der Waals surface area contributed by atoms with Crippen molar-refractivity contribution in [2.45, 2.75) is 38.1 Å². The second-order valence-corrected chi connectivity index (χ2v) is 4.99. The molecule has 0 bridgehead atoms. The van der Waals surface area contributed by atoms with Crippen LogP contribution in [-0.4, -0.2) is 12.1 Å². The minimum absolute atomic E-state index is 0.141. The van der Waals surface area contributed by atoms with Gasteiger partial charge in [-0.15, -0.1) is 0 Å². The van der Waals surface area contributed by atoms with Crippen LogP contribution in [-0.2, 0) is 0 Å². The zero-order valence-electron chi connectivity index (χ0n) is 10.1. The molecule has 88 valence electrons. The molecule has 0 saturated heterocycles. The molecule has 3 N–H and O–H groups in total. The third kappa shape index (κ3) is 2.38. The molecule has 0 spiro atoms. The van der Waals surface area contributed by atoms with Gasteiger partial charge in [-0.05, 0) is 37.3 Å². The molecule has 1 aliphatic rings. The Morgan fingerprint density at radius 2 is 2.12 bits per heavy atom. The average Bonchev–Trinajstić information content (AvgIpc) is 2.75. The lowest BCUT2D eigenvalue weighted by Gasteiger charge is -2.30. The van der Waals surface area contributed by atoms with E-state index in [4.69, 9.17) is 5.73 Å². The van der Waals surface area contributed by atoms with Crippen molar-refractivity contribution in [1.29, 1.82) is 0 Å². The molecule has 2 rings (SSSR count). The zero-order chi connectivity index (χ0) is 11.4. The molecule has 2 unspecified atom stereocenters. The van der Waals surface area contributed by atoms with Crippen LogP contribution >= 0.6 is 0 Å². The van der Waals surface area contributed by atoms with Crippen molar-refractivity contribution in [2.24, 2.45) is 11.7 Å². The highest BCUT2D eigenvalue weighted by molar-refractivity contribution is 5.45. The number of benzene rings is 1. The van der Waals surface area contributed by atoms with E-state index in [1.165, 1.54) is 31.4 Å². The lowest BCUT2D eigenvalue weighted by Crippen LogP contribution is -2.43. The zero-order valence-corrected chi connectivity index (χ0v) is 10.1. The van der Waals surface area contributed by atoms with E-state index in [0.717, 1.165) is 12.5 Å². The van der Waals surface area contributed by atoms with Gasteiger partial charge in [0.05, 0.1) is 0 Å². The molecule has 2 atom stereocenters. The fourth-order valence-corrected chi connectivity index (χ4v) is 2.76. The van der Waals surface area contributed by atoms with Gasteiger partial charge in [0.2, 0.25) is 0 Å². The van der Waals surface area contributed by atoms with E-state index in [2.05, 4.69) is 36.5 Å². The third-order valence-corrected chi connectivity index (χ3v) is 3.86. The van der Waals surface area contributed by atoms with Crippen molar-refractivity contribution in [3.05, 3.63) is 30.3 Å². The van der Waals surface area contributed by atoms with Crippen LogP contribution in [0.3, 0.4) is 0 Å². The highest BCUT2D eigenvalue weighted by atomic mass is 15.0. The fraction of sp³-hybridized carbons (Fsp3) is 0.571. The van der Waals surface area contributed by atoms with Crippen molar-refractivity contribution < 1.29 is 0 Å². The molecule has 1 aromatic carbocycles. The first kappa shape index (κ1) is 11.5. The summed E-state index contributed by atoms with van der Waals surface area (Å²) in [5, 5.41) is 3.64. The van der Waals surface area contributed by atoms with E-state index in [1.54, 1.807) is 0 Å². The molecule has 16 heavy (non-hydrogen) atoms. The molecule has 0 aromatic heterocycles. The number of para-hydroxylation sites is 1. The molecule has 0 aliphatic heterocycles. The monoisotopic (exact) mass is 218 g/mol. The standard InChI is InChI=1S/C14H22N2/c1-2-12-8-9-14(10-12,11-15)16-13-6-4-3-5-7-13/h3-7,12,16H,2,8-11,15H2,1H3. The molecule has 2 nitrogen and oxygen atoms in total. The summed E-state index contributed by atoms with van der Waals surface area (Å²) in [5.74, 6) is 0.847. The number of nitrogens with two attached hydrogens (primary N) is 1. The van der Waals surface area contributed by atoms with E-state index in [0.29, 0.717) is 0 Å². The van der Waals surface area contributed by atoms with E-state index in [9.17, 15) is 0 Å². The normalized spacial score (nSPS) is 29.2. The van der Waals surface area contributed by atoms with Gasteiger partial charge in [0.1, 0.15) is 0 Å². The fourth-order valence-electron chi connectivity index (χ4n) is 2.76. The lowest BCUT2D eigenvalue weighted by atomic mass is 9.94. The summed E-state index contributed by atoms with van der Waals surface area (Å²) in [5.41, 5.74) is 7.31. The van der Waals surface area contributed by atoms with Gasteiger partial charge in [0, 0.05) is 17.8 Å². The topological polar surface area (TPSA) is 38.0 Å². The molecule has 1 aromatic rings. The summed E-state index contributed by atoms with van der Waals surface area (Å²) in [6.07, 6.45) is 5.01. The van der Waals surface area contributed by atoms with Gasteiger partial charge in [0.15, 0.2) is 0 Å². The van der Waals surface area contributed by atoms with Crippen molar-refractivity contribution in [3.63, 3.8) is 0 Å². The van der Waals surface area contributed by atoms with Crippen LogP contribution in [0.5, 0.6) is 0 Å². The Kier molecular flexibility index (Phi) is 3.49. The Morgan fingerprint density at radius 1 is 1.38 bits per heavy atom. The Balaban J connectivity index is 2.06. The Labute approximate surface area is 98.2 Å². The van der Waals surface area contributed by atoms with Crippen molar-refractivity contribution in [1.82, 2.24) is 0 Å². The van der Waals surface area contributed by atoms with E-state index < -0.39 is 0 Å². The maximum absolute atomic E-state index is 5.97. The Morgan fingerprint density at radius 3 is 2.69 bits per heavy atom. The average molecular weight is 218 g/mol. The van der Waals surface area contributed by atoms with Crippen LogP contribution in [0.25, 0.3) is 0 Å². The quantitative estimate of drug-likeness (QED) is 0.815. The third-order valence-electron chi connectivity index (χ3n) is 3.86. The minimum Gasteiger partial charge on any atom is -0.378 e. The van der Waals surface area contributed by atoms with Crippen LogP contribution in [0.4, 0.5) is 5.69 Å². The van der Waals surface area contributed by atoms with Gasteiger partial charge in [-0.2, -0.15) is 0 Å². The maximum atomic E-state index is 5.97. The van der Waals surface area contributed by atoms with Gasteiger partial charge in [-0.25, -0.2) is 0 Å². The van der Waals surface area contributed by atoms with E-state index in [1.807, 2.05) is 6.07 Å². The summed E-state index contributed by atoms with van der Waals surface area (Å²) >= 11 is 0. The Hall–Kier alpha value is -1.02. The second-order valence-electron chi connectivity index (χ2n) is 4.99. The largest absolute Gasteiger partial charge is 0.378 e. The van der Waals surface area contributed by atoms with Crippen LogP contribution in [0.1, 0.15) is 32.6 Å². The first-order valence-corrected chi connectivity index (χ1v) is 6.31. The molecular formula is C14H22N2. The van der Waals surface area contributed by atoms with Crippen molar-refractivity contribution in [2.75, 3.05) is 11.9 Å². The smallest absolute Gasteiger partial charge is 0.0498 e. The second kappa shape index (κ2) is 4.88. The maximum Gasteiger partial charge on any atom is 0.0498 e. The van der Waals surface area contributed by atoms with Gasteiger partial charge in [-0.3, -0.25) is 0 Å². The molecule has 0 heterocycles. The van der Waals surface area contributed by atoms with Gasteiger partial charge < -0.3 is 11.1 Å². The van der Waals surface area contributed by atoms with Gasteiger partial charge in [0.25, 0.3) is 0 Å². The molecule has 1 aliphatic carbocycles. The van der Waals surface area contributed by atoms with Gasteiger partial charge in [-0.1, -0.05) is 31.5 Å². The molecular weight excluding hydrogens is 196 g/mol. The van der Waals surface area contributed by atoms with Crippen LogP contribution < -0.4 is 11.1 Å². The van der Waals surface area contributed by atoms with Gasteiger partial charge >= 0.3 is 0 Å². The predicted molar refractivity (Wildman–Crippen MR) is 69.5 cm³/mol.